The van der Waals surface area contributed by atoms with E-state index >= 15 is 0 Å². The maximum absolute atomic E-state index is 5.72. The lowest BCUT2D eigenvalue weighted by atomic mass is 10.1. The summed E-state index contributed by atoms with van der Waals surface area (Å²) in [4.78, 5) is 0. The molecule has 4 heteroatoms. The van der Waals surface area contributed by atoms with E-state index in [1.165, 1.54) is 5.56 Å². The van der Waals surface area contributed by atoms with E-state index in [1.54, 1.807) is 0 Å². The number of nitrogens with one attached hydrogen (secondary N) is 1. The standard InChI is InChI=1S/C13H18N4/c1-9-6-12(14)4-5-13(9)15-7-11-8-17(3)16-10(11)2/h4-6,8,15H,7,14H2,1-3H3. The van der Waals surface area contributed by atoms with Gasteiger partial charge in [0, 0.05) is 36.7 Å². The second-order valence-corrected chi connectivity index (χ2v) is 4.34. The Labute approximate surface area is 101 Å². The third-order valence-electron chi connectivity index (χ3n) is 2.83. The number of hydrogen-bond acceptors (Lipinski definition) is 3. The van der Waals surface area contributed by atoms with Crippen LogP contribution >= 0.6 is 0 Å². The molecule has 0 fully saturated rings. The normalized spacial score (nSPS) is 10.5. The van der Waals surface area contributed by atoms with E-state index in [4.69, 9.17) is 5.73 Å². The molecule has 0 bridgehead atoms. The van der Waals surface area contributed by atoms with Gasteiger partial charge in [0.05, 0.1) is 5.69 Å². The molecule has 0 saturated heterocycles. The average molecular weight is 230 g/mol. The Morgan fingerprint density at radius 2 is 2.12 bits per heavy atom. The number of rotatable bonds is 3. The van der Waals surface area contributed by atoms with Crippen LogP contribution in [-0.2, 0) is 13.6 Å². The molecule has 1 heterocycles. The van der Waals surface area contributed by atoms with Crippen molar-refractivity contribution in [1.29, 1.82) is 0 Å². The summed E-state index contributed by atoms with van der Waals surface area (Å²) in [5.41, 5.74) is 11.1. The van der Waals surface area contributed by atoms with Crippen molar-refractivity contribution in [2.45, 2.75) is 20.4 Å². The summed E-state index contributed by atoms with van der Waals surface area (Å²) in [6, 6.07) is 5.89. The molecule has 0 amide bonds. The van der Waals surface area contributed by atoms with Crippen LogP contribution in [0.25, 0.3) is 0 Å². The molecule has 0 aliphatic heterocycles. The van der Waals surface area contributed by atoms with Crippen LogP contribution in [0.2, 0.25) is 0 Å². The van der Waals surface area contributed by atoms with Crippen LogP contribution in [0, 0.1) is 13.8 Å². The fourth-order valence-corrected chi connectivity index (χ4v) is 1.90. The predicted molar refractivity (Wildman–Crippen MR) is 70.9 cm³/mol. The zero-order valence-corrected chi connectivity index (χ0v) is 10.5. The molecule has 4 nitrogen and oxygen atoms in total. The minimum absolute atomic E-state index is 0.782. The smallest absolute Gasteiger partial charge is 0.0643 e. The van der Waals surface area contributed by atoms with Crippen molar-refractivity contribution in [3.8, 4) is 0 Å². The lowest BCUT2D eigenvalue weighted by Crippen LogP contribution is -2.02. The number of nitrogen functional groups attached to an aromatic ring is 1. The Morgan fingerprint density at radius 3 is 2.71 bits per heavy atom. The van der Waals surface area contributed by atoms with Crippen LogP contribution in [0.15, 0.2) is 24.4 Å². The van der Waals surface area contributed by atoms with Gasteiger partial charge in [-0.15, -0.1) is 0 Å². The molecule has 0 atom stereocenters. The van der Waals surface area contributed by atoms with E-state index in [0.29, 0.717) is 0 Å². The highest BCUT2D eigenvalue weighted by Gasteiger charge is 2.03. The van der Waals surface area contributed by atoms with E-state index in [-0.39, 0.29) is 0 Å². The first-order valence-electron chi connectivity index (χ1n) is 5.65. The zero-order valence-electron chi connectivity index (χ0n) is 10.5. The Hall–Kier alpha value is -1.97. The first-order valence-corrected chi connectivity index (χ1v) is 5.65. The number of aromatic nitrogens is 2. The van der Waals surface area contributed by atoms with Gasteiger partial charge in [-0.05, 0) is 37.6 Å². The van der Waals surface area contributed by atoms with Gasteiger partial charge in [0.1, 0.15) is 0 Å². The summed E-state index contributed by atoms with van der Waals surface area (Å²) in [6.45, 7) is 4.85. The fraction of sp³-hybridized carbons (Fsp3) is 0.308. The van der Waals surface area contributed by atoms with Gasteiger partial charge in [0.25, 0.3) is 0 Å². The fourth-order valence-electron chi connectivity index (χ4n) is 1.90. The highest BCUT2D eigenvalue weighted by atomic mass is 15.2. The van der Waals surface area contributed by atoms with Crippen LogP contribution in [0.1, 0.15) is 16.8 Å². The molecule has 0 saturated carbocycles. The molecular weight excluding hydrogens is 212 g/mol. The molecule has 2 rings (SSSR count). The molecule has 3 N–H and O–H groups in total. The van der Waals surface area contributed by atoms with Gasteiger partial charge in [0.15, 0.2) is 0 Å². The van der Waals surface area contributed by atoms with Crippen molar-refractivity contribution in [2.24, 2.45) is 7.05 Å². The van der Waals surface area contributed by atoms with Crippen molar-refractivity contribution in [1.82, 2.24) is 9.78 Å². The quantitative estimate of drug-likeness (QED) is 0.795. The Morgan fingerprint density at radius 1 is 1.35 bits per heavy atom. The van der Waals surface area contributed by atoms with Gasteiger partial charge in [0.2, 0.25) is 0 Å². The van der Waals surface area contributed by atoms with Gasteiger partial charge < -0.3 is 11.1 Å². The van der Waals surface area contributed by atoms with Crippen molar-refractivity contribution in [2.75, 3.05) is 11.1 Å². The molecule has 90 valence electrons. The van der Waals surface area contributed by atoms with Gasteiger partial charge in [-0.25, -0.2) is 0 Å². The molecular formula is C13H18N4. The van der Waals surface area contributed by atoms with Crippen molar-refractivity contribution in [3.63, 3.8) is 0 Å². The molecule has 2 aromatic rings. The number of hydrogen-bond donors (Lipinski definition) is 2. The molecule has 1 aromatic heterocycles. The molecule has 0 spiro atoms. The lowest BCUT2D eigenvalue weighted by Gasteiger charge is -2.09. The largest absolute Gasteiger partial charge is 0.399 e. The Kier molecular flexibility index (Phi) is 3.04. The van der Waals surface area contributed by atoms with Crippen molar-refractivity contribution < 1.29 is 0 Å². The van der Waals surface area contributed by atoms with E-state index in [9.17, 15) is 0 Å². The second kappa shape index (κ2) is 4.49. The van der Waals surface area contributed by atoms with E-state index in [1.807, 2.05) is 43.0 Å². The Bertz CT molecular complexity index is 528. The third kappa shape index (κ3) is 2.58. The molecule has 1 aromatic carbocycles. The summed E-state index contributed by atoms with van der Waals surface area (Å²) in [7, 11) is 1.94. The lowest BCUT2D eigenvalue weighted by molar-refractivity contribution is 0.756. The minimum Gasteiger partial charge on any atom is -0.399 e. The van der Waals surface area contributed by atoms with Crippen LogP contribution in [0.3, 0.4) is 0 Å². The maximum Gasteiger partial charge on any atom is 0.0643 e. The zero-order chi connectivity index (χ0) is 12.4. The number of anilines is 2. The molecule has 0 aliphatic rings. The summed E-state index contributed by atoms with van der Waals surface area (Å²) in [5.74, 6) is 0. The SMILES string of the molecule is Cc1cc(N)ccc1NCc1cn(C)nc1C. The first kappa shape index (κ1) is 11.5. The average Bonchev–Trinajstić information content (AvgIpc) is 2.56. The number of benzene rings is 1. The summed E-state index contributed by atoms with van der Waals surface area (Å²) in [6.07, 6.45) is 2.04. The highest BCUT2D eigenvalue weighted by molar-refractivity contribution is 5.57. The minimum atomic E-state index is 0.782. The monoisotopic (exact) mass is 230 g/mol. The topological polar surface area (TPSA) is 55.9 Å². The maximum atomic E-state index is 5.72. The van der Waals surface area contributed by atoms with E-state index in [0.717, 1.165) is 29.2 Å². The van der Waals surface area contributed by atoms with Gasteiger partial charge >= 0.3 is 0 Å². The number of nitrogens with two attached hydrogens (primary N) is 1. The first-order chi connectivity index (χ1) is 8.06. The molecule has 0 radical (unpaired) electrons. The molecule has 0 unspecified atom stereocenters. The van der Waals surface area contributed by atoms with Crippen molar-refractivity contribution >= 4 is 11.4 Å². The third-order valence-corrected chi connectivity index (χ3v) is 2.83. The highest BCUT2D eigenvalue weighted by Crippen LogP contribution is 2.18. The van der Waals surface area contributed by atoms with Gasteiger partial charge in [-0.3, -0.25) is 4.68 Å². The summed E-state index contributed by atoms with van der Waals surface area (Å²) >= 11 is 0. The molecule has 17 heavy (non-hydrogen) atoms. The second-order valence-electron chi connectivity index (χ2n) is 4.34. The molecule has 0 aliphatic carbocycles. The van der Waals surface area contributed by atoms with Crippen LogP contribution < -0.4 is 11.1 Å². The van der Waals surface area contributed by atoms with Crippen LogP contribution in [0.5, 0.6) is 0 Å². The summed E-state index contributed by atoms with van der Waals surface area (Å²) in [5, 5.41) is 7.72. The van der Waals surface area contributed by atoms with Gasteiger partial charge in [-0.2, -0.15) is 5.10 Å². The summed E-state index contributed by atoms with van der Waals surface area (Å²) < 4.78 is 1.84. The number of aryl methyl sites for hydroxylation is 3. The van der Waals surface area contributed by atoms with Crippen LogP contribution in [-0.4, -0.2) is 9.78 Å². The van der Waals surface area contributed by atoms with Crippen molar-refractivity contribution in [3.05, 3.63) is 41.2 Å². The Balaban J connectivity index is 2.10. The number of nitrogens with zero attached hydrogens (tertiary/aromatic N) is 2. The van der Waals surface area contributed by atoms with E-state index in [2.05, 4.69) is 17.3 Å². The van der Waals surface area contributed by atoms with Crippen LogP contribution in [0.4, 0.5) is 11.4 Å². The van der Waals surface area contributed by atoms with E-state index < -0.39 is 0 Å². The van der Waals surface area contributed by atoms with Gasteiger partial charge in [-0.1, -0.05) is 0 Å². The predicted octanol–water partition coefficient (Wildman–Crippen LogP) is 2.23.